The number of aromatic nitrogens is 2. The zero-order chi connectivity index (χ0) is 20.4. The first-order valence-electron chi connectivity index (χ1n) is 8.65. The second kappa shape index (κ2) is 7.51. The summed E-state index contributed by atoms with van der Waals surface area (Å²) in [5.41, 5.74) is 2.40. The van der Waals surface area contributed by atoms with Crippen molar-refractivity contribution in [1.82, 2.24) is 9.38 Å². The summed E-state index contributed by atoms with van der Waals surface area (Å²) in [6.45, 7) is -0.164. The third kappa shape index (κ3) is 3.96. The van der Waals surface area contributed by atoms with Crippen molar-refractivity contribution in [3.8, 4) is 17.0 Å². The summed E-state index contributed by atoms with van der Waals surface area (Å²) in [5, 5.41) is 10.9. The lowest BCUT2D eigenvalue weighted by Crippen LogP contribution is -2.11. The quantitative estimate of drug-likeness (QED) is 0.278. The molecule has 2 aromatic heterocycles. The summed E-state index contributed by atoms with van der Waals surface area (Å²) in [6, 6.07) is 15.3. The van der Waals surface area contributed by atoms with Gasteiger partial charge in [-0.2, -0.15) is 0 Å². The SMILES string of the molecule is O=C(COc1ccc(-c2cn3cc([N+](=O)[O-])ccc3n2)cc1)c1ccc(F)cc1. The van der Waals surface area contributed by atoms with E-state index in [4.69, 9.17) is 4.74 Å². The number of Topliss-reactive ketones (excluding diaryl/α,β-unsaturated/α-hetero) is 1. The van der Waals surface area contributed by atoms with Crippen LogP contribution in [0.3, 0.4) is 0 Å². The van der Waals surface area contributed by atoms with Crippen LogP contribution < -0.4 is 4.74 Å². The molecular weight excluding hydrogens is 377 g/mol. The number of hydrogen-bond acceptors (Lipinski definition) is 5. The highest BCUT2D eigenvalue weighted by molar-refractivity contribution is 5.97. The number of nitro groups is 1. The average Bonchev–Trinajstić information content (AvgIpc) is 3.16. The molecule has 0 fully saturated rings. The van der Waals surface area contributed by atoms with Crippen molar-refractivity contribution in [2.75, 3.05) is 6.61 Å². The molecule has 0 bridgehead atoms. The molecule has 0 saturated carbocycles. The monoisotopic (exact) mass is 391 g/mol. The van der Waals surface area contributed by atoms with Crippen molar-refractivity contribution in [3.05, 3.63) is 94.6 Å². The first-order valence-corrected chi connectivity index (χ1v) is 8.65. The van der Waals surface area contributed by atoms with Crippen molar-refractivity contribution in [2.45, 2.75) is 0 Å². The highest BCUT2D eigenvalue weighted by Crippen LogP contribution is 2.23. The highest BCUT2D eigenvalue weighted by Gasteiger charge is 2.11. The van der Waals surface area contributed by atoms with Crippen LogP contribution in [0, 0.1) is 15.9 Å². The summed E-state index contributed by atoms with van der Waals surface area (Å²) >= 11 is 0. The molecule has 4 rings (SSSR count). The Morgan fingerprint density at radius 1 is 1.03 bits per heavy atom. The van der Waals surface area contributed by atoms with E-state index in [9.17, 15) is 19.3 Å². The second-order valence-electron chi connectivity index (χ2n) is 6.28. The Hall–Kier alpha value is -4.07. The van der Waals surface area contributed by atoms with Crippen LogP contribution in [-0.4, -0.2) is 26.7 Å². The van der Waals surface area contributed by atoms with Gasteiger partial charge in [-0.3, -0.25) is 19.3 Å². The Labute approximate surface area is 164 Å². The normalized spacial score (nSPS) is 10.8. The number of rotatable bonds is 6. The molecule has 0 radical (unpaired) electrons. The molecule has 0 aliphatic carbocycles. The van der Waals surface area contributed by atoms with Gasteiger partial charge >= 0.3 is 0 Å². The fraction of sp³-hybridized carbons (Fsp3) is 0.0476. The van der Waals surface area contributed by atoms with Crippen LogP contribution in [0.5, 0.6) is 5.75 Å². The van der Waals surface area contributed by atoms with Crippen LogP contribution in [0.1, 0.15) is 10.4 Å². The average molecular weight is 391 g/mol. The summed E-state index contributed by atoms with van der Waals surface area (Å²) in [7, 11) is 0. The minimum absolute atomic E-state index is 0.0176. The van der Waals surface area contributed by atoms with Gasteiger partial charge in [0.15, 0.2) is 12.4 Å². The Kier molecular flexibility index (Phi) is 4.74. The lowest BCUT2D eigenvalue weighted by molar-refractivity contribution is -0.385. The van der Waals surface area contributed by atoms with E-state index < -0.39 is 10.7 Å². The van der Waals surface area contributed by atoms with Crippen LogP contribution in [0.25, 0.3) is 16.9 Å². The largest absolute Gasteiger partial charge is 0.485 e. The van der Waals surface area contributed by atoms with E-state index in [1.807, 2.05) is 0 Å². The smallest absolute Gasteiger partial charge is 0.286 e. The van der Waals surface area contributed by atoms with Crippen molar-refractivity contribution in [3.63, 3.8) is 0 Å². The molecule has 0 spiro atoms. The van der Waals surface area contributed by atoms with Crippen LogP contribution in [0.4, 0.5) is 10.1 Å². The number of ether oxygens (including phenoxy) is 1. The maximum absolute atomic E-state index is 12.9. The molecule has 8 heteroatoms. The molecule has 2 heterocycles. The zero-order valence-corrected chi connectivity index (χ0v) is 15.0. The maximum atomic E-state index is 12.9. The van der Waals surface area contributed by atoms with Gasteiger partial charge in [0.25, 0.3) is 5.69 Å². The van der Waals surface area contributed by atoms with Crippen molar-refractivity contribution >= 4 is 17.1 Å². The fourth-order valence-corrected chi connectivity index (χ4v) is 2.82. The Morgan fingerprint density at radius 2 is 1.76 bits per heavy atom. The number of fused-ring (bicyclic) bond motifs is 1. The van der Waals surface area contributed by atoms with Crippen LogP contribution in [0.15, 0.2) is 73.1 Å². The second-order valence-corrected chi connectivity index (χ2v) is 6.28. The van der Waals surface area contributed by atoms with Crippen LogP contribution in [-0.2, 0) is 0 Å². The standard InChI is InChI=1S/C21H14FN3O4/c22-16-5-1-15(2-6-16)20(26)13-29-18-8-3-14(4-9-18)19-12-24-11-17(25(27)28)7-10-21(24)23-19/h1-12H,13H2. The van der Waals surface area contributed by atoms with E-state index in [2.05, 4.69) is 4.98 Å². The molecule has 4 aromatic rings. The van der Waals surface area contributed by atoms with Crippen molar-refractivity contribution < 1.29 is 18.8 Å². The van der Waals surface area contributed by atoms with Crippen LogP contribution in [0.2, 0.25) is 0 Å². The van der Waals surface area contributed by atoms with Gasteiger partial charge in [0.05, 0.1) is 16.8 Å². The third-order valence-electron chi connectivity index (χ3n) is 4.33. The van der Waals surface area contributed by atoms with E-state index in [1.54, 1.807) is 40.9 Å². The molecule has 7 nitrogen and oxygen atoms in total. The molecule has 0 unspecified atom stereocenters. The number of nitrogens with zero attached hydrogens (tertiary/aromatic N) is 3. The van der Waals surface area contributed by atoms with Gasteiger partial charge in [-0.25, -0.2) is 9.37 Å². The van der Waals surface area contributed by atoms with Crippen LogP contribution >= 0.6 is 0 Å². The van der Waals surface area contributed by atoms with E-state index >= 15 is 0 Å². The van der Waals surface area contributed by atoms with Gasteiger partial charge < -0.3 is 4.74 Å². The number of carbonyl (C=O) groups excluding carboxylic acids is 1. The van der Waals surface area contributed by atoms with Crippen molar-refractivity contribution in [2.24, 2.45) is 0 Å². The number of ketones is 1. The fourth-order valence-electron chi connectivity index (χ4n) is 2.82. The topological polar surface area (TPSA) is 86.7 Å². The van der Waals surface area contributed by atoms with Gasteiger partial charge in [-0.05, 0) is 54.6 Å². The number of imidazole rings is 1. The molecule has 0 N–H and O–H groups in total. The Balaban J connectivity index is 1.46. The third-order valence-corrected chi connectivity index (χ3v) is 4.33. The summed E-state index contributed by atoms with van der Waals surface area (Å²) < 4.78 is 20.0. The zero-order valence-electron chi connectivity index (χ0n) is 15.0. The van der Waals surface area contributed by atoms with Gasteiger partial charge in [0, 0.05) is 23.4 Å². The minimum Gasteiger partial charge on any atom is -0.485 e. The molecule has 0 saturated heterocycles. The molecule has 0 aliphatic heterocycles. The van der Waals surface area contributed by atoms with E-state index in [-0.39, 0.29) is 18.1 Å². The molecule has 144 valence electrons. The minimum atomic E-state index is -0.460. The predicted octanol–water partition coefficient (Wildman–Crippen LogP) is 4.31. The summed E-state index contributed by atoms with van der Waals surface area (Å²) in [5.74, 6) is -0.153. The highest BCUT2D eigenvalue weighted by atomic mass is 19.1. The van der Waals surface area contributed by atoms with Gasteiger partial charge in [-0.15, -0.1) is 0 Å². The van der Waals surface area contributed by atoms with E-state index in [0.29, 0.717) is 22.7 Å². The Bertz CT molecular complexity index is 1200. The first-order chi connectivity index (χ1) is 14.0. The number of hydrogen-bond donors (Lipinski definition) is 0. The molecule has 0 amide bonds. The Morgan fingerprint density at radius 3 is 2.45 bits per heavy atom. The van der Waals surface area contributed by atoms with E-state index in [0.717, 1.165) is 5.56 Å². The van der Waals surface area contributed by atoms with Gasteiger partial charge in [-0.1, -0.05) is 0 Å². The number of halogens is 1. The lowest BCUT2D eigenvalue weighted by Gasteiger charge is -2.06. The van der Waals surface area contributed by atoms with Gasteiger partial charge in [0.1, 0.15) is 17.2 Å². The summed E-state index contributed by atoms with van der Waals surface area (Å²) in [4.78, 5) is 27.0. The predicted molar refractivity (Wildman–Crippen MR) is 104 cm³/mol. The van der Waals surface area contributed by atoms with Crippen molar-refractivity contribution in [1.29, 1.82) is 0 Å². The summed E-state index contributed by atoms with van der Waals surface area (Å²) in [6.07, 6.45) is 3.11. The van der Waals surface area contributed by atoms with E-state index in [1.165, 1.54) is 36.5 Å². The number of benzene rings is 2. The first kappa shape index (κ1) is 18.3. The molecule has 2 aromatic carbocycles. The van der Waals surface area contributed by atoms with Gasteiger partial charge in [0.2, 0.25) is 0 Å². The lowest BCUT2D eigenvalue weighted by atomic mass is 10.1. The number of pyridine rings is 1. The molecule has 29 heavy (non-hydrogen) atoms. The maximum Gasteiger partial charge on any atom is 0.286 e. The molecule has 0 atom stereocenters. The molecule has 0 aliphatic rings. The number of carbonyl (C=O) groups is 1. The molecular formula is C21H14FN3O4.